The minimum atomic E-state index is -0.0300. The van der Waals surface area contributed by atoms with Crippen LogP contribution in [0.15, 0.2) is 12.1 Å². The molecule has 2 aliphatic heterocycles. The third-order valence-corrected chi connectivity index (χ3v) is 4.04. The highest BCUT2D eigenvalue weighted by atomic mass is 35.5. The van der Waals surface area contributed by atoms with Crippen molar-refractivity contribution < 1.29 is 4.79 Å². The summed E-state index contributed by atoms with van der Waals surface area (Å²) >= 11 is 6.23. The van der Waals surface area contributed by atoms with Gasteiger partial charge in [0.2, 0.25) is 0 Å². The molecule has 2 aliphatic rings. The van der Waals surface area contributed by atoms with Gasteiger partial charge in [-0.15, -0.1) is 0 Å². The van der Waals surface area contributed by atoms with E-state index in [9.17, 15) is 4.79 Å². The zero-order valence-electron chi connectivity index (χ0n) is 9.72. The Morgan fingerprint density at radius 1 is 1.41 bits per heavy atom. The van der Waals surface area contributed by atoms with Gasteiger partial charge in [0, 0.05) is 25.0 Å². The highest BCUT2D eigenvalue weighted by molar-refractivity contribution is 6.34. The Bertz CT molecular complexity index is 487. The molecule has 1 aromatic rings. The molecular formula is C13H15ClN2O. The van der Waals surface area contributed by atoms with Gasteiger partial charge in [0.15, 0.2) is 0 Å². The fourth-order valence-corrected chi connectivity index (χ4v) is 3.16. The Morgan fingerprint density at radius 2 is 2.24 bits per heavy atom. The number of amides is 1. The lowest BCUT2D eigenvalue weighted by Gasteiger charge is -2.29. The Labute approximate surface area is 106 Å². The van der Waals surface area contributed by atoms with Gasteiger partial charge < -0.3 is 10.6 Å². The van der Waals surface area contributed by atoms with Crippen molar-refractivity contribution in [2.75, 3.05) is 13.1 Å². The summed E-state index contributed by atoms with van der Waals surface area (Å²) in [6.07, 6.45) is 0.944. The van der Waals surface area contributed by atoms with Gasteiger partial charge in [0.05, 0.1) is 10.6 Å². The van der Waals surface area contributed by atoms with Crippen LogP contribution < -0.4 is 10.6 Å². The molecule has 2 N–H and O–H groups in total. The van der Waals surface area contributed by atoms with E-state index >= 15 is 0 Å². The predicted octanol–water partition coefficient (Wildman–Crippen LogP) is 1.70. The van der Waals surface area contributed by atoms with E-state index in [0.29, 0.717) is 16.5 Å². The molecule has 0 aliphatic carbocycles. The second kappa shape index (κ2) is 4.00. The maximum Gasteiger partial charge on any atom is 0.253 e. The van der Waals surface area contributed by atoms with E-state index in [1.807, 2.05) is 6.07 Å². The second-order valence-electron chi connectivity index (χ2n) is 4.74. The van der Waals surface area contributed by atoms with Crippen LogP contribution in [0.25, 0.3) is 0 Å². The average Bonchev–Trinajstić information content (AvgIpc) is 2.76. The number of carbonyl (C=O) groups excluding carboxylic acids is 1. The van der Waals surface area contributed by atoms with Gasteiger partial charge in [-0.1, -0.05) is 24.6 Å². The van der Waals surface area contributed by atoms with E-state index < -0.39 is 0 Å². The summed E-state index contributed by atoms with van der Waals surface area (Å²) in [5, 5.41) is 6.94. The maximum atomic E-state index is 12.0. The summed E-state index contributed by atoms with van der Waals surface area (Å²) < 4.78 is 0. The third kappa shape index (κ3) is 1.65. The monoisotopic (exact) mass is 250 g/mol. The smallest absolute Gasteiger partial charge is 0.253 e. The molecule has 4 heteroatoms. The molecule has 0 radical (unpaired) electrons. The minimum Gasteiger partial charge on any atom is -0.347 e. The predicted molar refractivity (Wildman–Crippen MR) is 67.7 cm³/mol. The topological polar surface area (TPSA) is 41.1 Å². The van der Waals surface area contributed by atoms with Crippen LogP contribution in [0.2, 0.25) is 5.02 Å². The molecular weight excluding hydrogens is 236 g/mol. The fourth-order valence-electron chi connectivity index (χ4n) is 2.82. The number of benzene rings is 1. The fraction of sp³-hybridized carbons (Fsp3) is 0.462. The standard InChI is InChI=1S/C13H15ClN2O/c1-2-7-3-8-9-5-15-6-11(9)16-13(17)12(8)10(14)4-7/h3-4,9,11,15H,2,5-6H2,1H3,(H,16,17)/t9-,11+/m1/s1. The molecule has 3 nitrogen and oxygen atoms in total. The van der Waals surface area contributed by atoms with E-state index in [-0.39, 0.29) is 11.9 Å². The number of halogens is 1. The average molecular weight is 251 g/mol. The molecule has 0 saturated carbocycles. The van der Waals surface area contributed by atoms with Gasteiger partial charge in [-0.05, 0) is 23.6 Å². The summed E-state index contributed by atoms with van der Waals surface area (Å²) in [7, 11) is 0. The van der Waals surface area contributed by atoms with Crippen LogP contribution in [0.1, 0.15) is 34.3 Å². The van der Waals surface area contributed by atoms with Crippen LogP contribution in [0.4, 0.5) is 0 Å². The second-order valence-corrected chi connectivity index (χ2v) is 5.15. The minimum absolute atomic E-state index is 0.0300. The van der Waals surface area contributed by atoms with Crippen molar-refractivity contribution in [2.45, 2.75) is 25.3 Å². The van der Waals surface area contributed by atoms with E-state index in [2.05, 4.69) is 23.6 Å². The highest BCUT2D eigenvalue weighted by Crippen LogP contribution is 2.35. The summed E-state index contributed by atoms with van der Waals surface area (Å²) in [6.45, 7) is 3.87. The lowest BCUT2D eigenvalue weighted by atomic mass is 9.85. The van der Waals surface area contributed by atoms with Crippen LogP contribution in [-0.4, -0.2) is 25.0 Å². The quantitative estimate of drug-likeness (QED) is 0.797. The first kappa shape index (κ1) is 11.1. The lowest BCUT2D eigenvalue weighted by Crippen LogP contribution is -2.44. The van der Waals surface area contributed by atoms with Crippen molar-refractivity contribution in [3.05, 3.63) is 33.8 Å². The molecule has 2 heterocycles. The van der Waals surface area contributed by atoms with E-state index in [0.717, 1.165) is 25.1 Å². The number of hydrogen-bond donors (Lipinski definition) is 2. The largest absolute Gasteiger partial charge is 0.347 e. The van der Waals surface area contributed by atoms with Crippen LogP contribution in [0.5, 0.6) is 0 Å². The first-order valence-corrected chi connectivity index (χ1v) is 6.42. The molecule has 0 spiro atoms. The molecule has 1 fully saturated rings. The number of nitrogens with one attached hydrogen (secondary N) is 2. The van der Waals surface area contributed by atoms with Gasteiger partial charge in [0.25, 0.3) is 5.91 Å². The molecule has 0 unspecified atom stereocenters. The Hall–Kier alpha value is -1.06. The summed E-state index contributed by atoms with van der Waals surface area (Å²) in [5.41, 5.74) is 3.00. The molecule has 1 amide bonds. The molecule has 1 saturated heterocycles. The van der Waals surface area contributed by atoms with Gasteiger partial charge in [0.1, 0.15) is 0 Å². The number of aryl methyl sites for hydroxylation is 1. The summed E-state index contributed by atoms with van der Waals surface area (Å²) in [6, 6.07) is 4.27. The third-order valence-electron chi connectivity index (χ3n) is 3.75. The van der Waals surface area contributed by atoms with Gasteiger partial charge >= 0.3 is 0 Å². The van der Waals surface area contributed by atoms with Gasteiger partial charge in [-0.3, -0.25) is 4.79 Å². The van der Waals surface area contributed by atoms with Crippen molar-refractivity contribution in [2.24, 2.45) is 0 Å². The Morgan fingerprint density at radius 3 is 3.00 bits per heavy atom. The number of fused-ring (bicyclic) bond motifs is 3. The van der Waals surface area contributed by atoms with Crippen LogP contribution in [0, 0.1) is 0 Å². The summed E-state index contributed by atoms with van der Waals surface area (Å²) in [5.74, 6) is 0.337. The van der Waals surface area contributed by atoms with Gasteiger partial charge in [-0.2, -0.15) is 0 Å². The zero-order chi connectivity index (χ0) is 12.0. The summed E-state index contributed by atoms with van der Waals surface area (Å²) in [4.78, 5) is 12.0. The van der Waals surface area contributed by atoms with Crippen molar-refractivity contribution in [3.8, 4) is 0 Å². The van der Waals surface area contributed by atoms with Crippen molar-refractivity contribution in [1.29, 1.82) is 0 Å². The maximum absolute atomic E-state index is 12.0. The normalized spacial score (nSPS) is 26.4. The van der Waals surface area contributed by atoms with E-state index in [1.165, 1.54) is 5.56 Å². The Kier molecular flexibility index (Phi) is 2.60. The van der Waals surface area contributed by atoms with Gasteiger partial charge in [-0.25, -0.2) is 0 Å². The molecule has 17 heavy (non-hydrogen) atoms. The van der Waals surface area contributed by atoms with Crippen LogP contribution in [0.3, 0.4) is 0 Å². The Balaban J connectivity index is 2.17. The molecule has 0 aromatic heterocycles. The first-order chi connectivity index (χ1) is 8.20. The van der Waals surface area contributed by atoms with E-state index in [1.54, 1.807) is 0 Å². The molecule has 3 rings (SSSR count). The number of hydrogen-bond acceptors (Lipinski definition) is 2. The molecule has 2 atom stereocenters. The zero-order valence-corrected chi connectivity index (χ0v) is 10.5. The van der Waals surface area contributed by atoms with Crippen LogP contribution in [-0.2, 0) is 6.42 Å². The highest BCUT2D eigenvalue weighted by Gasteiger charge is 2.37. The number of rotatable bonds is 1. The first-order valence-electron chi connectivity index (χ1n) is 6.04. The SMILES string of the molecule is CCc1cc(Cl)c2c(c1)[C@H]1CNC[C@@H]1NC2=O. The van der Waals surface area contributed by atoms with E-state index in [4.69, 9.17) is 11.6 Å². The number of carbonyl (C=O) groups is 1. The lowest BCUT2D eigenvalue weighted by molar-refractivity contribution is 0.0924. The molecule has 0 bridgehead atoms. The van der Waals surface area contributed by atoms with Crippen LogP contribution >= 0.6 is 11.6 Å². The van der Waals surface area contributed by atoms with Crippen molar-refractivity contribution in [1.82, 2.24) is 10.6 Å². The molecule has 90 valence electrons. The van der Waals surface area contributed by atoms with Crippen molar-refractivity contribution in [3.63, 3.8) is 0 Å². The van der Waals surface area contributed by atoms with Crippen molar-refractivity contribution >= 4 is 17.5 Å². The molecule has 1 aromatic carbocycles.